The third-order valence-electron chi connectivity index (χ3n) is 6.92. The Hall–Kier alpha value is -6.68. The van der Waals surface area contributed by atoms with Crippen LogP contribution >= 0.6 is 0 Å². The second-order valence-electron chi connectivity index (χ2n) is 10.2. The Morgan fingerprint density at radius 2 is 0.739 bits per heavy atom. The van der Waals surface area contributed by atoms with Crippen LogP contribution in [0.25, 0.3) is 0 Å². The number of nitrogens with one attached hydrogen (secondary N) is 4. The molecule has 4 N–H and O–H groups in total. The van der Waals surface area contributed by atoms with Crippen molar-refractivity contribution in [1.82, 2.24) is 10.9 Å². The number of hydrazone groups is 2. The van der Waals surface area contributed by atoms with Gasteiger partial charge in [-0.25, -0.2) is 20.0 Å². The SMILES string of the molecule is C(=NNC(Nc1ccccc1)=C1N=c2ccccc2=N1)c1ccc(C=NNC(Nc2ccccc2)=C2N=c3ccccc3=N2)cc1. The average molecular weight is 601 g/mol. The molecular formula is C36H28N10. The monoisotopic (exact) mass is 600 g/mol. The molecule has 0 saturated heterocycles. The van der Waals surface area contributed by atoms with Crippen molar-refractivity contribution in [2.75, 3.05) is 10.6 Å². The van der Waals surface area contributed by atoms with E-state index < -0.39 is 0 Å². The lowest BCUT2D eigenvalue weighted by Gasteiger charge is -2.11. The zero-order valence-corrected chi connectivity index (χ0v) is 24.5. The van der Waals surface area contributed by atoms with Crippen LogP contribution in [-0.4, -0.2) is 12.4 Å². The standard InChI is InChI=1S/C36H28N10/c1-3-11-27(12-4-1)39-35(33-41-29-15-7-8-16-30(29)42-33)45-37-23-25-19-21-26(22-20-25)24-38-46-36(40-28-13-5-2-6-14-28)34-43-31-17-9-10-18-32(31)44-34/h1-24,39-40,45-46H. The molecule has 2 aliphatic heterocycles. The fraction of sp³-hybridized carbons (Fsp3) is 0. The number of para-hydroxylation sites is 6. The van der Waals surface area contributed by atoms with E-state index in [4.69, 9.17) is 0 Å². The molecule has 0 unspecified atom stereocenters. The van der Waals surface area contributed by atoms with E-state index in [1.807, 2.05) is 133 Å². The summed E-state index contributed by atoms with van der Waals surface area (Å²) in [6.45, 7) is 0. The minimum Gasteiger partial charge on any atom is -0.337 e. The Balaban J connectivity index is 1.05. The predicted octanol–water partition coefficient (Wildman–Crippen LogP) is 3.92. The Kier molecular flexibility index (Phi) is 8.13. The number of rotatable bonds is 10. The quantitative estimate of drug-likeness (QED) is 0.143. The van der Waals surface area contributed by atoms with Crippen LogP contribution in [0.4, 0.5) is 11.4 Å². The van der Waals surface area contributed by atoms with E-state index in [1.165, 1.54) is 0 Å². The third-order valence-corrected chi connectivity index (χ3v) is 6.92. The molecule has 222 valence electrons. The lowest BCUT2D eigenvalue weighted by Crippen LogP contribution is -2.19. The molecule has 0 fully saturated rings. The van der Waals surface area contributed by atoms with Gasteiger partial charge in [-0.2, -0.15) is 10.2 Å². The summed E-state index contributed by atoms with van der Waals surface area (Å²) in [6, 6.07) is 43.0. The molecule has 46 heavy (non-hydrogen) atoms. The van der Waals surface area contributed by atoms with E-state index in [2.05, 4.69) is 51.7 Å². The number of anilines is 2. The molecule has 0 aliphatic carbocycles. The van der Waals surface area contributed by atoms with Crippen molar-refractivity contribution in [3.05, 3.63) is 189 Å². The average Bonchev–Trinajstić information content (AvgIpc) is 3.74. The molecule has 0 spiro atoms. The zero-order valence-electron chi connectivity index (χ0n) is 24.5. The van der Waals surface area contributed by atoms with E-state index >= 15 is 0 Å². The van der Waals surface area contributed by atoms with Crippen LogP contribution in [0, 0.1) is 0 Å². The fourth-order valence-corrected chi connectivity index (χ4v) is 4.65. The number of hydrogen-bond donors (Lipinski definition) is 4. The van der Waals surface area contributed by atoms with Gasteiger partial charge in [0.05, 0.1) is 33.9 Å². The molecule has 10 nitrogen and oxygen atoms in total. The van der Waals surface area contributed by atoms with E-state index in [0.29, 0.717) is 23.3 Å². The van der Waals surface area contributed by atoms with Crippen LogP contribution in [0.1, 0.15) is 11.1 Å². The summed E-state index contributed by atoms with van der Waals surface area (Å²) in [5.41, 5.74) is 9.78. The first kappa shape index (κ1) is 28.1. The van der Waals surface area contributed by atoms with Crippen molar-refractivity contribution < 1.29 is 0 Å². The summed E-state index contributed by atoms with van der Waals surface area (Å²) in [5, 5.41) is 18.9. The van der Waals surface area contributed by atoms with Gasteiger partial charge >= 0.3 is 0 Å². The summed E-state index contributed by atoms with van der Waals surface area (Å²) >= 11 is 0. The highest BCUT2D eigenvalue weighted by molar-refractivity contribution is 5.84. The molecule has 0 amide bonds. The Morgan fingerprint density at radius 1 is 0.413 bits per heavy atom. The molecular weight excluding hydrogens is 572 g/mol. The summed E-state index contributed by atoms with van der Waals surface area (Å²) < 4.78 is 0. The summed E-state index contributed by atoms with van der Waals surface area (Å²) in [6.07, 6.45) is 3.48. The Morgan fingerprint density at radius 3 is 1.09 bits per heavy atom. The maximum Gasteiger partial charge on any atom is 0.196 e. The third kappa shape index (κ3) is 6.76. The first-order chi connectivity index (χ1) is 22.8. The highest BCUT2D eigenvalue weighted by Gasteiger charge is 2.11. The zero-order chi connectivity index (χ0) is 31.0. The molecule has 0 saturated carbocycles. The first-order valence-corrected chi connectivity index (χ1v) is 14.6. The van der Waals surface area contributed by atoms with Crippen LogP contribution < -0.4 is 42.9 Å². The summed E-state index contributed by atoms with van der Waals surface area (Å²) in [7, 11) is 0. The van der Waals surface area contributed by atoms with Gasteiger partial charge in [0, 0.05) is 11.4 Å². The molecule has 5 aromatic rings. The van der Waals surface area contributed by atoms with Gasteiger partial charge in [-0.3, -0.25) is 10.9 Å². The topological polar surface area (TPSA) is 122 Å². The van der Waals surface area contributed by atoms with E-state index in [0.717, 1.165) is 43.9 Å². The van der Waals surface area contributed by atoms with Crippen molar-refractivity contribution in [3.8, 4) is 0 Å². The lowest BCUT2D eigenvalue weighted by atomic mass is 10.2. The number of nitrogens with zero attached hydrogens (tertiary/aromatic N) is 6. The van der Waals surface area contributed by atoms with Crippen LogP contribution in [0.3, 0.4) is 0 Å². The van der Waals surface area contributed by atoms with Crippen molar-refractivity contribution in [1.29, 1.82) is 0 Å². The van der Waals surface area contributed by atoms with E-state index in [9.17, 15) is 0 Å². The minimum atomic E-state index is 0.527. The summed E-state index contributed by atoms with van der Waals surface area (Å²) in [5.74, 6) is 2.21. The van der Waals surface area contributed by atoms with Crippen molar-refractivity contribution in [3.63, 3.8) is 0 Å². The number of hydrogen-bond acceptors (Lipinski definition) is 10. The van der Waals surface area contributed by atoms with Gasteiger partial charge in [0.2, 0.25) is 0 Å². The highest BCUT2D eigenvalue weighted by atomic mass is 15.4. The molecule has 0 aromatic heterocycles. The van der Waals surface area contributed by atoms with Crippen LogP contribution in [0.2, 0.25) is 0 Å². The summed E-state index contributed by atoms with van der Waals surface area (Å²) in [4.78, 5) is 18.6. The van der Waals surface area contributed by atoms with Crippen LogP contribution in [-0.2, 0) is 0 Å². The Labute approximate surface area is 264 Å². The molecule has 2 aliphatic rings. The van der Waals surface area contributed by atoms with Gasteiger partial charge in [0.15, 0.2) is 23.3 Å². The fourth-order valence-electron chi connectivity index (χ4n) is 4.65. The maximum atomic E-state index is 4.66. The van der Waals surface area contributed by atoms with Gasteiger partial charge in [-0.1, -0.05) is 84.9 Å². The molecule has 0 bridgehead atoms. The first-order valence-electron chi connectivity index (χ1n) is 14.6. The van der Waals surface area contributed by atoms with Crippen LogP contribution in [0.5, 0.6) is 0 Å². The van der Waals surface area contributed by atoms with Crippen molar-refractivity contribution in [2.24, 2.45) is 30.2 Å². The van der Waals surface area contributed by atoms with Crippen LogP contribution in [0.15, 0.2) is 187 Å². The Bertz CT molecular complexity index is 2000. The van der Waals surface area contributed by atoms with Gasteiger partial charge < -0.3 is 10.6 Å². The van der Waals surface area contributed by atoms with Gasteiger partial charge in [0.25, 0.3) is 0 Å². The smallest absolute Gasteiger partial charge is 0.196 e. The number of benzene rings is 5. The van der Waals surface area contributed by atoms with E-state index in [1.54, 1.807) is 12.4 Å². The lowest BCUT2D eigenvalue weighted by molar-refractivity contribution is 0.867. The van der Waals surface area contributed by atoms with Gasteiger partial charge in [0.1, 0.15) is 0 Å². The number of fused-ring (bicyclic) bond motifs is 2. The molecule has 7 rings (SSSR count). The van der Waals surface area contributed by atoms with Gasteiger partial charge in [-0.15, -0.1) is 0 Å². The van der Waals surface area contributed by atoms with E-state index in [-0.39, 0.29) is 0 Å². The maximum absolute atomic E-state index is 4.66. The van der Waals surface area contributed by atoms with Gasteiger partial charge in [-0.05, 0) is 59.7 Å². The largest absolute Gasteiger partial charge is 0.337 e. The predicted molar refractivity (Wildman–Crippen MR) is 180 cm³/mol. The molecule has 0 atom stereocenters. The second-order valence-corrected chi connectivity index (χ2v) is 10.2. The molecule has 0 radical (unpaired) electrons. The van der Waals surface area contributed by atoms with Crippen molar-refractivity contribution in [2.45, 2.75) is 0 Å². The molecule has 5 aromatic carbocycles. The highest BCUT2D eigenvalue weighted by Crippen LogP contribution is 2.14. The second kappa shape index (κ2) is 13.3. The molecule has 10 heteroatoms. The molecule has 2 heterocycles. The normalized spacial score (nSPS) is 12.8. The minimum absolute atomic E-state index is 0.527. The van der Waals surface area contributed by atoms with Crippen molar-refractivity contribution >= 4 is 23.8 Å².